The molecule has 9 aromatic heterocycles. The second-order valence-corrected chi connectivity index (χ2v) is 36.8. The molecule has 6 fully saturated rings. The molecule has 0 aromatic carbocycles. The van der Waals surface area contributed by atoms with E-state index in [1.807, 2.05) is 94.0 Å². The molecule has 9 aromatic rings. The number of nitrogens with one attached hydrogen (secondary N) is 2. The molecule has 0 radical (unpaired) electrons. The van der Waals surface area contributed by atoms with Gasteiger partial charge >= 0.3 is 30.5 Å². The Kier molecular flexibility index (Phi) is 35.6. The number of anilines is 6. The Bertz CT molecular complexity index is 5330. The van der Waals surface area contributed by atoms with Crippen LogP contribution in [0, 0.1) is 25.2 Å². The lowest BCUT2D eigenvalue weighted by molar-refractivity contribution is -0.193. The number of ether oxygens (including phenoxy) is 5. The molecule has 6 saturated heterocycles. The number of aliphatic carboxylic acids is 1. The van der Waals surface area contributed by atoms with Gasteiger partial charge in [0.15, 0.2) is 60.2 Å². The molecule has 43 heteroatoms. The van der Waals surface area contributed by atoms with Gasteiger partial charge in [0, 0.05) is 96.7 Å². The Hall–Kier alpha value is -9.36. The first kappa shape index (κ1) is 99.2. The number of nitrogens with two attached hydrogens (primary N) is 1. The molecule has 0 spiro atoms. The number of pyridine rings is 2. The highest BCUT2D eigenvalue weighted by Gasteiger charge is 2.37. The van der Waals surface area contributed by atoms with Crippen LogP contribution in [0.4, 0.5) is 44.2 Å². The van der Waals surface area contributed by atoms with E-state index >= 15 is 0 Å². The van der Waals surface area contributed by atoms with E-state index in [0.29, 0.717) is 29.2 Å². The van der Waals surface area contributed by atoms with Crippen molar-refractivity contribution in [2.24, 2.45) is 28.5 Å². The van der Waals surface area contributed by atoms with E-state index in [-0.39, 0.29) is 86.0 Å². The molecule has 18 rings (SSSR count). The third-order valence-corrected chi connectivity index (χ3v) is 25.1. The van der Waals surface area contributed by atoms with Crippen LogP contribution in [0.3, 0.4) is 0 Å². The van der Waals surface area contributed by atoms with Crippen molar-refractivity contribution < 1.29 is 62.4 Å². The largest absolute Gasteiger partial charge is 0.480 e. The van der Waals surface area contributed by atoms with Crippen LogP contribution in [0.5, 0.6) is 0 Å². The molecule has 2 amide bonds. The quantitative estimate of drug-likeness (QED) is 0.0779. The molecule has 6 atom stereocenters. The number of rotatable bonds is 13. The van der Waals surface area contributed by atoms with Gasteiger partial charge in [-0.15, -0.1) is 29.9 Å². The molecule has 38 nitrogen and oxygen atoms in total. The Balaban J connectivity index is 0.000000166. The number of nitrogens with zero attached hydrogens (tertiary/aromatic N) is 22. The summed E-state index contributed by atoms with van der Waals surface area (Å²) in [4.78, 5) is 131. The maximum absolute atomic E-state index is 12.3. The fourth-order valence-electron chi connectivity index (χ4n) is 17.1. The Labute approximate surface area is 786 Å². The smallest absolute Gasteiger partial charge is 0.407 e. The van der Waals surface area contributed by atoms with Crippen LogP contribution < -0.4 is 40.9 Å². The molecular formula is C85H112Cl3I2N25O13. The van der Waals surface area contributed by atoms with Crippen LogP contribution in [0.15, 0.2) is 66.4 Å². The van der Waals surface area contributed by atoms with Gasteiger partial charge in [-0.2, -0.15) is 29.4 Å². The van der Waals surface area contributed by atoms with Gasteiger partial charge in [-0.1, -0.05) is 11.6 Å². The summed E-state index contributed by atoms with van der Waals surface area (Å²) in [6, 6.07) is 7.46. The molecule has 18 heterocycles. The summed E-state index contributed by atoms with van der Waals surface area (Å²) in [5.41, 5.74) is 15.6. The van der Waals surface area contributed by atoms with E-state index in [4.69, 9.17) is 100 Å². The maximum atomic E-state index is 12.3. The van der Waals surface area contributed by atoms with E-state index in [0.717, 1.165) is 293 Å². The summed E-state index contributed by atoms with van der Waals surface area (Å²) < 4.78 is 36.0. The molecule has 0 saturated carbocycles. The molecular weight excluding hydrogens is 1940 g/mol. The van der Waals surface area contributed by atoms with E-state index in [1.165, 1.54) is 0 Å². The summed E-state index contributed by atoms with van der Waals surface area (Å²) in [6.45, 7) is 24.8. The average Bonchev–Trinajstić information content (AvgIpc) is 1.61. The average molecular weight is 2050 g/mol. The van der Waals surface area contributed by atoms with Crippen molar-refractivity contribution in [2.75, 3.05) is 96.7 Å². The number of aromatic nitrogens is 16. The Morgan fingerprint density at radius 2 is 0.914 bits per heavy atom. The number of hydrogen-bond donors (Lipinski definition) is 4. The number of halogens is 5. The molecule has 6 unspecified atom stereocenters. The van der Waals surface area contributed by atoms with Crippen LogP contribution >= 0.6 is 81.6 Å². The lowest BCUT2D eigenvalue weighted by Crippen LogP contribution is -2.45. The number of carbonyl (C=O) groups is 3. The molecule has 0 bridgehead atoms. The van der Waals surface area contributed by atoms with E-state index in [1.54, 1.807) is 10.9 Å². The summed E-state index contributed by atoms with van der Waals surface area (Å²) in [7, 11) is 0. The second-order valence-electron chi connectivity index (χ2n) is 34.4. The van der Waals surface area contributed by atoms with Crippen molar-refractivity contribution >= 4 is 186 Å². The summed E-state index contributed by atoms with van der Waals surface area (Å²) in [5, 5.41) is 29.8. The van der Waals surface area contributed by atoms with Gasteiger partial charge in [0.05, 0.1) is 59.8 Å². The number of hydrogen-bond acceptors (Lipinski definition) is 32. The lowest BCUT2D eigenvalue weighted by Gasteiger charge is -2.35. The maximum Gasteiger partial charge on any atom is 0.407 e. The highest BCUT2D eigenvalue weighted by molar-refractivity contribution is 14.1. The number of carboxylic acid groups (broad SMARTS) is 1. The Morgan fingerprint density at radius 1 is 0.516 bits per heavy atom. The zero-order chi connectivity index (χ0) is 89.3. The number of fused-ring (bicyclic) bond motifs is 6. The highest BCUT2D eigenvalue weighted by Crippen LogP contribution is 2.40. The molecule has 5 N–H and O–H groups in total. The van der Waals surface area contributed by atoms with Gasteiger partial charge in [-0.3, -0.25) is 19.8 Å². The predicted octanol–water partition coefficient (Wildman–Crippen LogP) is 13.1. The fraction of sp³-hybridized carbons (Fsp3) is 0.588. The van der Waals surface area contributed by atoms with Crippen LogP contribution in [-0.2, 0) is 67.0 Å². The first-order valence-electron chi connectivity index (χ1n) is 43.3. The SMILES string of the molecule is CC(NC(=O)OC(C)(C)C)C1CCN(c2cnc3c(I)nn(C4CCCCO4)c3n2)CC1.CC(NC(=O)OC(C)(C)C)C1CCN(c2cnc3c(N4CCCc5ncccc54)nn(C4CCCCO4)c3n2)CC1.Cl.Cl.Clc1cnc2c(I)nn(C3CCCCO3)c2n1.NC(C(=O)O)C1CCN(c2cnc3c(n2)CN=C3N2CCCc3ncccc32)CC1.O=C=O.O=C=O. The highest BCUT2D eigenvalue weighted by atomic mass is 127. The second kappa shape index (κ2) is 45.9. The zero-order valence-corrected chi connectivity index (χ0v) is 79.8. The van der Waals surface area contributed by atoms with Crippen LogP contribution in [-0.4, -0.2) is 222 Å². The van der Waals surface area contributed by atoms with Crippen molar-refractivity contribution in [3.63, 3.8) is 0 Å². The molecule has 0 aliphatic carbocycles. The van der Waals surface area contributed by atoms with Gasteiger partial charge in [0.2, 0.25) is 0 Å². The van der Waals surface area contributed by atoms with Crippen molar-refractivity contribution in [3.05, 3.63) is 96.8 Å². The van der Waals surface area contributed by atoms with Gasteiger partial charge in [0.1, 0.15) is 56.6 Å². The third-order valence-electron chi connectivity index (χ3n) is 23.5. The van der Waals surface area contributed by atoms with E-state index in [9.17, 15) is 14.4 Å². The number of carboxylic acids is 1. The molecule has 9 aliphatic rings. The first-order valence-corrected chi connectivity index (χ1v) is 45.8. The van der Waals surface area contributed by atoms with Gasteiger partial charge in [-0.25, -0.2) is 63.5 Å². The number of amidine groups is 1. The Morgan fingerprint density at radius 3 is 1.36 bits per heavy atom. The summed E-state index contributed by atoms with van der Waals surface area (Å²) in [6.07, 6.45) is 29.1. The topological polar surface area (TPSA) is 447 Å². The minimum atomic E-state index is -0.926. The first-order chi connectivity index (χ1) is 60.7. The van der Waals surface area contributed by atoms with Crippen LogP contribution in [0.2, 0.25) is 5.15 Å². The lowest BCUT2D eigenvalue weighted by atomic mass is 9.90. The third kappa shape index (κ3) is 25.0. The number of aliphatic imine (C=N–C) groups is 1. The summed E-state index contributed by atoms with van der Waals surface area (Å²) in [5.74, 6) is 4.10. The minimum Gasteiger partial charge on any atom is -0.480 e. The number of aryl methyl sites for hydroxylation is 2. The number of amides is 2. The van der Waals surface area contributed by atoms with E-state index in [2.05, 4.69) is 141 Å². The molecule has 9 aliphatic heterocycles. The van der Waals surface area contributed by atoms with Gasteiger partial charge in [-0.05, 0) is 265 Å². The predicted molar refractivity (Wildman–Crippen MR) is 497 cm³/mol. The monoisotopic (exact) mass is 2050 g/mol. The van der Waals surface area contributed by atoms with Crippen molar-refractivity contribution in [3.8, 4) is 0 Å². The van der Waals surface area contributed by atoms with Gasteiger partial charge < -0.3 is 69.7 Å². The number of carbonyl (C=O) groups excluding carboxylic acids is 6. The molecule has 690 valence electrons. The zero-order valence-electron chi connectivity index (χ0n) is 73.1. The minimum absolute atomic E-state index is 0. The van der Waals surface area contributed by atoms with Crippen molar-refractivity contribution in [1.82, 2.24) is 89.8 Å². The summed E-state index contributed by atoms with van der Waals surface area (Å²) >= 11 is 10.3. The standard InChI is InChI=1S/C30H42N8O3.C22H33IN6O3.C21H25N7O2.C10H10ClIN4O.2CO2.2ClH/c1-20(33-29(39)41-30(2,3)4)21-12-16-36(17-13-21)24-19-32-26-27(34-24)38(25-11-5-6-18-40-25)35-28(26)37-15-8-9-22-23(37)10-7-14-31-22;1-14(25-21(30)32-22(2,3)4)15-8-10-28(11-9-15)16-13-24-18-19(23)27-29(20(18)26-16)17-7-5-6-12-31-17;22-18(21(29)30)13-5-9-27(10-6-13)17-12-24-19-15(26-17)11-25-20(19)28-8-2-3-14-16(28)4-1-7-23-14;11-6-5-13-8-9(12)15-16(10(8)14-6)7-3-1-2-4-17-7;2*2-1-3;;/h7,10,14,19-21,25H,5-6,8-9,11-13,15-18H2,1-4H3,(H,33,39);13-15,17H,5-12H2,1-4H3,(H,25,30);1,4,7,12-13,18H,2-3,5-6,8-11,22H2,(H,29,30);5,7H,1-4H2;;;2*1H. The van der Waals surface area contributed by atoms with E-state index < -0.39 is 23.2 Å². The molecule has 128 heavy (non-hydrogen) atoms. The van der Waals surface area contributed by atoms with Crippen molar-refractivity contribution in [2.45, 2.75) is 232 Å². The van der Waals surface area contributed by atoms with Crippen LogP contribution in [0.1, 0.15) is 206 Å². The van der Waals surface area contributed by atoms with Crippen molar-refractivity contribution in [1.29, 1.82) is 0 Å². The fourth-order valence-corrected chi connectivity index (χ4v) is 18.5. The van der Waals surface area contributed by atoms with Crippen LogP contribution in [0.25, 0.3) is 33.5 Å². The number of piperidine rings is 3. The van der Waals surface area contributed by atoms with Gasteiger partial charge in [0.25, 0.3) is 0 Å². The normalized spacial score (nSPS) is 19.7. The number of alkyl carbamates (subject to hydrolysis) is 2.